The lowest BCUT2D eigenvalue weighted by atomic mass is 9.76. The highest BCUT2D eigenvalue weighted by atomic mass is 28.4. The smallest absolute Gasteiger partial charge is 0.330 e. The van der Waals surface area contributed by atoms with Crippen LogP contribution in [0.5, 0.6) is 11.5 Å². The summed E-state index contributed by atoms with van der Waals surface area (Å²) in [5.74, 6) is 1.26. The number of aromatic amines is 1. The average molecular weight is 743 g/mol. The van der Waals surface area contributed by atoms with Crippen molar-refractivity contribution in [3.63, 3.8) is 0 Å². The zero-order valence-corrected chi connectivity index (χ0v) is 33.5. The predicted octanol–water partition coefficient (Wildman–Crippen LogP) is 7.53. The van der Waals surface area contributed by atoms with Gasteiger partial charge in [0, 0.05) is 23.6 Å². The first-order valence-corrected chi connectivity index (χ1v) is 21.0. The predicted molar refractivity (Wildman–Crippen MR) is 208 cm³/mol. The molecular formula is C42H54N2O8Si. The molecule has 3 aromatic carbocycles. The van der Waals surface area contributed by atoms with Crippen LogP contribution in [0.15, 0.2) is 94.6 Å². The van der Waals surface area contributed by atoms with E-state index in [0.29, 0.717) is 17.1 Å². The normalized spacial score (nSPS) is 19.3. The lowest BCUT2D eigenvalue weighted by molar-refractivity contribution is -0.158. The minimum Gasteiger partial charge on any atom is -0.497 e. The summed E-state index contributed by atoms with van der Waals surface area (Å²) in [7, 11) is 0.732. The van der Waals surface area contributed by atoms with E-state index in [-0.39, 0.29) is 18.8 Å². The first-order chi connectivity index (χ1) is 25.2. The Bertz CT molecular complexity index is 1910. The summed E-state index contributed by atoms with van der Waals surface area (Å²) in [6.45, 7) is 13.6. The fourth-order valence-electron chi connectivity index (χ4n) is 7.53. The van der Waals surface area contributed by atoms with Gasteiger partial charge in [0.05, 0.1) is 20.8 Å². The number of ether oxygens (including phenoxy) is 4. The Balaban J connectivity index is 1.75. The zero-order chi connectivity index (χ0) is 38.6. The Hall–Kier alpha value is -4.29. The molecule has 0 radical (unpaired) electrons. The highest BCUT2D eigenvalue weighted by Gasteiger charge is 2.61. The van der Waals surface area contributed by atoms with Crippen LogP contribution in [0.2, 0.25) is 18.1 Å². The second kappa shape index (κ2) is 16.0. The van der Waals surface area contributed by atoms with Crippen LogP contribution in [-0.4, -0.2) is 56.2 Å². The lowest BCUT2D eigenvalue weighted by Crippen LogP contribution is -2.60. The third kappa shape index (κ3) is 7.71. The van der Waals surface area contributed by atoms with E-state index in [2.05, 4.69) is 25.8 Å². The van der Waals surface area contributed by atoms with Gasteiger partial charge < -0.3 is 23.4 Å². The van der Waals surface area contributed by atoms with Crippen molar-refractivity contribution in [3.8, 4) is 11.5 Å². The van der Waals surface area contributed by atoms with Crippen molar-refractivity contribution in [3.05, 3.63) is 128 Å². The van der Waals surface area contributed by atoms with Gasteiger partial charge in [0.2, 0.25) is 0 Å². The largest absolute Gasteiger partial charge is 0.497 e. The Morgan fingerprint density at radius 2 is 1.36 bits per heavy atom. The van der Waals surface area contributed by atoms with Gasteiger partial charge in [0.25, 0.3) is 5.56 Å². The molecule has 1 fully saturated rings. The molecule has 1 saturated heterocycles. The fourth-order valence-corrected chi connectivity index (χ4v) is 10.5. The van der Waals surface area contributed by atoms with Crippen LogP contribution < -0.4 is 20.7 Å². The molecule has 1 aliphatic heterocycles. The molecule has 5 rings (SSSR count). The number of hydrogen-bond acceptors (Lipinski definition) is 8. The number of aryl methyl sites for hydroxylation is 1. The number of carbonyl (C=O) groups excluding carboxylic acids is 1. The molecule has 10 nitrogen and oxygen atoms in total. The maximum Gasteiger partial charge on any atom is 0.330 e. The number of H-pyrrole nitrogens is 1. The first-order valence-electron chi connectivity index (χ1n) is 18.4. The van der Waals surface area contributed by atoms with Gasteiger partial charge in [0.15, 0.2) is 14.1 Å². The molecule has 0 amide bonds. The van der Waals surface area contributed by atoms with E-state index in [0.717, 1.165) is 34.8 Å². The van der Waals surface area contributed by atoms with Crippen LogP contribution in [0.1, 0.15) is 76.4 Å². The van der Waals surface area contributed by atoms with Gasteiger partial charge in [-0.25, -0.2) is 4.79 Å². The second-order valence-electron chi connectivity index (χ2n) is 14.9. The number of rotatable bonds is 15. The summed E-state index contributed by atoms with van der Waals surface area (Å²) in [6, 6.07) is 27.8. The topological polar surface area (TPSA) is 118 Å². The average Bonchev–Trinajstić information content (AvgIpc) is 3.53. The van der Waals surface area contributed by atoms with Gasteiger partial charge in [-0.15, -0.1) is 0 Å². The summed E-state index contributed by atoms with van der Waals surface area (Å²) >= 11 is 0. The molecular weight excluding hydrogens is 689 g/mol. The minimum absolute atomic E-state index is 0.0701. The molecule has 0 spiro atoms. The number of hydrogen-bond donors (Lipinski definition) is 1. The third-order valence-electron chi connectivity index (χ3n) is 10.8. The van der Waals surface area contributed by atoms with Crippen LogP contribution >= 0.6 is 0 Å². The van der Waals surface area contributed by atoms with E-state index in [1.54, 1.807) is 21.1 Å². The highest BCUT2D eigenvalue weighted by molar-refractivity contribution is 6.73. The SMILES string of the molecule is CC[Si](CC)(CC)O[C@@]1(C(=O)C(C)(C)C)C[C@H](n2cc(C)c(=O)[nH]c2=O)O[C@@H]1COC(c1ccccc1)(c1ccc(OC)cc1)c1ccc(OC)cc1. The van der Waals surface area contributed by atoms with Crippen molar-refractivity contribution in [2.24, 2.45) is 5.41 Å². The van der Waals surface area contributed by atoms with Gasteiger partial charge in [-0.3, -0.25) is 19.1 Å². The van der Waals surface area contributed by atoms with E-state index in [1.807, 2.05) is 99.6 Å². The van der Waals surface area contributed by atoms with Gasteiger partial charge in [0.1, 0.15) is 35.0 Å². The van der Waals surface area contributed by atoms with Crippen molar-refractivity contribution in [2.45, 2.75) is 96.6 Å². The van der Waals surface area contributed by atoms with E-state index in [1.165, 1.54) is 10.8 Å². The van der Waals surface area contributed by atoms with Gasteiger partial charge in [-0.1, -0.05) is 96.1 Å². The number of methoxy groups -OCH3 is 2. The molecule has 0 saturated carbocycles. The Morgan fingerprint density at radius 1 is 0.849 bits per heavy atom. The van der Waals surface area contributed by atoms with Crippen LogP contribution in [0.3, 0.4) is 0 Å². The molecule has 0 aliphatic carbocycles. The molecule has 3 atom stereocenters. The summed E-state index contributed by atoms with van der Waals surface area (Å²) in [5, 5.41) is 0. The molecule has 0 unspecified atom stereocenters. The minimum atomic E-state index is -2.52. The Labute approximate surface area is 313 Å². The quantitative estimate of drug-likeness (QED) is 0.0982. The summed E-state index contributed by atoms with van der Waals surface area (Å²) in [5.41, 5.74) is -1.74. The lowest BCUT2D eigenvalue weighted by Gasteiger charge is -2.45. The summed E-state index contributed by atoms with van der Waals surface area (Å²) < 4.78 is 34.0. The van der Waals surface area contributed by atoms with E-state index < -0.39 is 48.5 Å². The van der Waals surface area contributed by atoms with Crippen molar-refractivity contribution >= 4 is 14.1 Å². The monoisotopic (exact) mass is 742 g/mol. The Kier molecular flexibility index (Phi) is 12.0. The van der Waals surface area contributed by atoms with Gasteiger partial charge >= 0.3 is 5.69 Å². The molecule has 1 aromatic heterocycles. The van der Waals surface area contributed by atoms with Crippen LogP contribution in [0, 0.1) is 12.3 Å². The molecule has 11 heteroatoms. The highest BCUT2D eigenvalue weighted by Crippen LogP contribution is 2.49. The van der Waals surface area contributed by atoms with Gasteiger partial charge in [-0.2, -0.15) is 0 Å². The van der Waals surface area contributed by atoms with Crippen molar-refractivity contribution in [1.82, 2.24) is 9.55 Å². The van der Waals surface area contributed by atoms with Crippen molar-refractivity contribution in [1.29, 1.82) is 0 Å². The molecule has 1 N–H and O–H groups in total. The number of benzene rings is 3. The van der Waals surface area contributed by atoms with E-state index in [4.69, 9.17) is 23.4 Å². The Morgan fingerprint density at radius 3 is 1.83 bits per heavy atom. The van der Waals surface area contributed by atoms with Crippen molar-refractivity contribution < 1.29 is 28.2 Å². The maximum absolute atomic E-state index is 15.1. The molecule has 1 aliphatic rings. The number of nitrogens with one attached hydrogen (secondary N) is 1. The molecule has 284 valence electrons. The maximum atomic E-state index is 15.1. The molecule has 2 heterocycles. The summed E-state index contributed by atoms with van der Waals surface area (Å²) in [4.78, 5) is 43.3. The van der Waals surface area contributed by atoms with Gasteiger partial charge in [-0.05, 0) is 66.0 Å². The molecule has 0 bridgehead atoms. The van der Waals surface area contributed by atoms with Crippen molar-refractivity contribution in [2.75, 3.05) is 20.8 Å². The number of nitrogens with zero attached hydrogens (tertiary/aromatic N) is 1. The number of aromatic nitrogens is 2. The fraction of sp³-hybridized carbons (Fsp3) is 0.452. The van der Waals surface area contributed by atoms with E-state index in [9.17, 15) is 9.59 Å². The van der Waals surface area contributed by atoms with Crippen LogP contribution in [0.25, 0.3) is 0 Å². The van der Waals surface area contributed by atoms with Crippen LogP contribution in [0.4, 0.5) is 0 Å². The second-order valence-corrected chi connectivity index (χ2v) is 19.6. The first kappa shape index (κ1) is 39.9. The van der Waals surface area contributed by atoms with Crippen LogP contribution in [-0.2, 0) is 24.3 Å². The zero-order valence-electron chi connectivity index (χ0n) is 32.5. The number of ketones is 1. The molecule has 4 aromatic rings. The van der Waals surface area contributed by atoms with E-state index >= 15 is 4.79 Å². The standard InChI is InChI=1S/C42H54N2O8Si/c1-10-53(11-2,12-3)52-41(38(46)40(5,6)7)26-36(44-27-29(4)37(45)43-39(44)47)51-35(41)28-50-42(30-16-14-13-15-17-30,31-18-22-33(48-8)23-19-31)32-20-24-34(49-9)25-21-32/h13-25,27,35-36H,10-12,26,28H2,1-9H3,(H,43,45,47)/t35-,36-,41+/m1/s1. The molecule has 53 heavy (non-hydrogen) atoms. The number of Topliss-reactive ketones (excluding diaryl/α,β-unsaturated/α-hetero) is 1. The summed E-state index contributed by atoms with van der Waals surface area (Å²) in [6.07, 6.45) is -0.285. The third-order valence-corrected chi connectivity index (χ3v) is 15.5. The number of carbonyl (C=O) groups is 1.